The third-order valence-corrected chi connectivity index (χ3v) is 10.4. The summed E-state index contributed by atoms with van der Waals surface area (Å²) in [6, 6.07) is 19.2. The van der Waals surface area contributed by atoms with Crippen LogP contribution < -0.4 is 0 Å². The van der Waals surface area contributed by atoms with Crippen molar-refractivity contribution in [1.29, 1.82) is 0 Å². The zero-order chi connectivity index (χ0) is 25.6. The van der Waals surface area contributed by atoms with Crippen LogP contribution in [0.1, 0.15) is 28.4 Å². The van der Waals surface area contributed by atoms with Gasteiger partial charge < -0.3 is 0 Å². The van der Waals surface area contributed by atoms with Gasteiger partial charge in [0, 0.05) is 19.2 Å². The Kier molecular flexibility index (Phi) is 6.16. The van der Waals surface area contributed by atoms with Gasteiger partial charge in [-0.1, -0.05) is 57.8 Å². The van der Waals surface area contributed by atoms with Crippen LogP contribution in [0.3, 0.4) is 0 Å². The lowest BCUT2D eigenvalue weighted by molar-refractivity contribution is -0.133. The molecular formula is C25H24N2O6S2. The molecule has 0 bridgehead atoms. The van der Waals surface area contributed by atoms with Gasteiger partial charge in [0.05, 0.1) is 15.2 Å². The summed E-state index contributed by atoms with van der Waals surface area (Å²) in [5.41, 5.74) is -0.423. The molecule has 0 fully saturated rings. The van der Waals surface area contributed by atoms with Crippen LogP contribution in [0, 0.1) is 6.92 Å². The molecule has 1 aliphatic heterocycles. The van der Waals surface area contributed by atoms with Gasteiger partial charge in [0.25, 0.3) is 26.0 Å². The van der Waals surface area contributed by atoms with E-state index in [1.54, 1.807) is 37.3 Å². The third-order valence-electron chi connectivity index (χ3n) is 6.14. The molecule has 0 saturated carbocycles. The number of rotatable bonds is 6. The van der Waals surface area contributed by atoms with Crippen molar-refractivity contribution in [1.82, 2.24) is 8.61 Å². The maximum absolute atomic E-state index is 13.8. The predicted octanol–water partition coefficient (Wildman–Crippen LogP) is 2.94. The lowest BCUT2D eigenvalue weighted by Gasteiger charge is -2.40. The van der Waals surface area contributed by atoms with Gasteiger partial charge in [0.1, 0.15) is 0 Å². The fourth-order valence-electron chi connectivity index (χ4n) is 4.19. The minimum Gasteiger partial charge on any atom is -0.281 e. The number of carbonyl (C=O) groups is 2. The molecule has 1 aliphatic rings. The molecule has 182 valence electrons. The first kappa shape index (κ1) is 24.8. The predicted molar refractivity (Wildman–Crippen MR) is 130 cm³/mol. The van der Waals surface area contributed by atoms with Gasteiger partial charge >= 0.3 is 0 Å². The summed E-state index contributed by atoms with van der Waals surface area (Å²) < 4.78 is 55.4. The van der Waals surface area contributed by atoms with Crippen molar-refractivity contribution in [3.8, 4) is 0 Å². The number of likely N-dealkylation sites (N-methyl/N-ethyl adjacent to an activating group) is 1. The van der Waals surface area contributed by atoms with Gasteiger partial charge in [-0.05, 0) is 49.7 Å². The van der Waals surface area contributed by atoms with E-state index in [1.807, 2.05) is 0 Å². The summed E-state index contributed by atoms with van der Waals surface area (Å²) >= 11 is 0. The van der Waals surface area contributed by atoms with Crippen LogP contribution >= 0.6 is 0 Å². The topological polar surface area (TPSA) is 109 Å². The highest BCUT2D eigenvalue weighted by Gasteiger charge is 2.51. The minimum atomic E-state index is -4.62. The van der Waals surface area contributed by atoms with E-state index in [-0.39, 0.29) is 20.9 Å². The highest BCUT2D eigenvalue weighted by Crippen LogP contribution is 2.38. The molecule has 1 heterocycles. The summed E-state index contributed by atoms with van der Waals surface area (Å²) in [4.78, 5) is 26.7. The lowest BCUT2D eigenvalue weighted by Crippen LogP contribution is -2.57. The molecule has 0 aromatic heterocycles. The second-order valence-corrected chi connectivity index (χ2v) is 12.6. The molecule has 3 aromatic carbocycles. The van der Waals surface area contributed by atoms with Gasteiger partial charge in [0.2, 0.25) is 5.91 Å². The molecule has 0 N–H and O–H groups in total. The second-order valence-electron chi connectivity index (χ2n) is 8.62. The van der Waals surface area contributed by atoms with Crippen LogP contribution in [-0.2, 0) is 30.3 Å². The van der Waals surface area contributed by atoms with E-state index in [0.717, 1.165) is 10.5 Å². The molecule has 0 spiro atoms. The summed E-state index contributed by atoms with van der Waals surface area (Å²) in [6.45, 7) is 2.51. The minimum absolute atomic E-state index is 0.217. The molecule has 0 radical (unpaired) electrons. The first-order valence-corrected chi connectivity index (χ1v) is 13.6. The normalized spacial score (nSPS) is 18.6. The molecular weight excluding hydrogens is 488 g/mol. The summed E-state index contributed by atoms with van der Waals surface area (Å²) in [5, 5.41) is 0. The van der Waals surface area contributed by atoms with E-state index in [9.17, 15) is 26.4 Å². The Labute approximate surface area is 204 Å². The average Bonchev–Trinajstić information content (AvgIpc) is 2.86. The first-order chi connectivity index (χ1) is 16.4. The van der Waals surface area contributed by atoms with Gasteiger partial charge in [-0.2, -0.15) is 0 Å². The van der Waals surface area contributed by atoms with Gasteiger partial charge in [-0.3, -0.25) is 14.5 Å². The number of sulfonamides is 2. The largest absolute Gasteiger partial charge is 0.281 e. The Hall–Kier alpha value is -3.34. The van der Waals surface area contributed by atoms with E-state index in [1.165, 1.54) is 62.5 Å². The maximum Gasteiger partial charge on any atom is 0.260 e. The molecule has 4 rings (SSSR count). The molecule has 3 aromatic rings. The molecule has 10 heteroatoms. The summed E-state index contributed by atoms with van der Waals surface area (Å²) in [6.07, 6.45) is 0. The Morgan fingerprint density at radius 2 is 1.29 bits per heavy atom. The van der Waals surface area contributed by atoms with Gasteiger partial charge in [-0.25, -0.2) is 16.8 Å². The van der Waals surface area contributed by atoms with Crippen LogP contribution in [0.5, 0.6) is 0 Å². The lowest BCUT2D eigenvalue weighted by atomic mass is 9.75. The first-order valence-electron chi connectivity index (χ1n) is 10.7. The van der Waals surface area contributed by atoms with Gasteiger partial charge in [0.15, 0.2) is 0 Å². The Balaban J connectivity index is 1.97. The van der Waals surface area contributed by atoms with Crippen LogP contribution in [-0.4, -0.2) is 50.9 Å². The zero-order valence-electron chi connectivity index (χ0n) is 19.4. The van der Waals surface area contributed by atoms with E-state index in [0.29, 0.717) is 3.71 Å². The van der Waals surface area contributed by atoms with Gasteiger partial charge in [-0.15, -0.1) is 0 Å². The number of hydrogen-bond acceptors (Lipinski definition) is 6. The van der Waals surface area contributed by atoms with Crippen LogP contribution in [0.4, 0.5) is 0 Å². The summed E-state index contributed by atoms with van der Waals surface area (Å²) in [5.74, 6) is -1.23. The SMILES string of the molecule is Cc1ccc2c(c1)C(C)(CN(S(=O)(=O)c1ccccc1)S(=O)(=O)c1ccccc1)C(=O)N(C)C2=O. The van der Waals surface area contributed by atoms with E-state index in [2.05, 4.69) is 0 Å². The maximum atomic E-state index is 13.8. The highest BCUT2D eigenvalue weighted by atomic mass is 32.3. The zero-order valence-corrected chi connectivity index (χ0v) is 21.0. The standard InChI is InChI=1S/C25H24N2O6S2/c1-18-14-15-21-22(16-18)25(2,24(29)26(3)23(21)28)17-27(34(30,31)19-10-6-4-7-11-19)35(32,33)20-12-8-5-9-13-20/h4-16H,17H2,1-3H3. The fraction of sp³-hybridized carbons (Fsp3) is 0.200. The monoisotopic (exact) mass is 512 g/mol. The van der Waals surface area contributed by atoms with Crippen molar-refractivity contribution in [3.05, 3.63) is 95.6 Å². The Morgan fingerprint density at radius 3 is 1.77 bits per heavy atom. The molecule has 1 atom stereocenters. The van der Waals surface area contributed by atoms with E-state index in [4.69, 9.17) is 0 Å². The molecule has 1 unspecified atom stereocenters. The summed E-state index contributed by atoms with van der Waals surface area (Å²) in [7, 11) is -7.94. The molecule has 0 saturated heterocycles. The number of carbonyl (C=O) groups excluding carboxylic acids is 2. The van der Waals surface area contributed by atoms with E-state index >= 15 is 0 Å². The van der Waals surface area contributed by atoms with Crippen molar-refractivity contribution < 1.29 is 26.4 Å². The second kappa shape index (κ2) is 8.71. The quantitative estimate of drug-likeness (QED) is 0.470. The highest BCUT2D eigenvalue weighted by molar-refractivity contribution is 8.04. The average molecular weight is 513 g/mol. The Bertz CT molecular complexity index is 1450. The molecule has 0 aliphatic carbocycles. The molecule has 8 nitrogen and oxygen atoms in total. The molecule has 35 heavy (non-hydrogen) atoms. The Morgan fingerprint density at radius 1 is 0.800 bits per heavy atom. The van der Waals surface area contributed by atoms with Crippen molar-refractivity contribution in [2.45, 2.75) is 29.1 Å². The number of nitrogens with zero attached hydrogens (tertiary/aromatic N) is 2. The number of amides is 2. The fourth-order valence-corrected chi connectivity index (χ4v) is 8.07. The van der Waals surface area contributed by atoms with Crippen molar-refractivity contribution in [2.24, 2.45) is 0 Å². The van der Waals surface area contributed by atoms with Crippen LogP contribution in [0.15, 0.2) is 88.7 Å². The van der Waals surface area contributed by atoms with Crippen LogP contribution in [0.25, 0.3) is 0 Å². The van der Waals surface area contributed by atoms with E-state index < -0.39 is 43.8 Å². The van der Waals surface area contributed by atoms with Crippen LogP contribution in [0.2, 0.25) is 0 Å². The third kappa shape index (κ3) is 4.07. The number of benzene rings is 3. The van der Waals surface area contributed by atoms with Crippen molar-refractivity contribution in [3.63, 3.8) is 0 Å². The van der Waals surface area contributed by atoms with Crippen molar-refractivity contribution in [2.75, 3.05) is 13.6 Å². The number of imide groups is 1. The smallest absolute Gasteiger partial charge is 0.260 e. The number of fused-ring (bicyclic) bond motifs is 1. The van der Waals surface area contributed by atoms with Crippen molar-refractivity contribution >= 4 is 31.9 Å². The molecule has 2 amide bonds. The number of hydrogen-bond donors (Lipinski definition) is 0. The number of aryl methyl sites for hydroxylation is 1.